The maximum Gasteiger partial charge on any atom is 0.254 e. The molecule has 1 unspecified atom stereocenters. The van der Waals surface area contributed by atoms with Gasteiger partial charge in [0.25, 0.3) is 5.91 Å². The molecule has 2 N–H and O–H groups in total. The standard InChI is InChI=1S/C22H20FN3O2/c1-13-19(22(28)26-16-9-7-15(23)8-10-16)20(14-4-3-11-24-12-14)21-17(25-13)5-2-6-18(21)27/h3-4,7-12,20,25H,2,5-6H2,1H3,(H,26,28). The predicted octanol–water partition coefficient (Wildman–Crippen LogP) is 3.83. The zero-order chi connectivity index (χ0) is 19.7. The Hall–Kier alpha value is -3.28. The normalized spacial score (nSPS) is 19.2. The van der Waals surface area contributed by atoms with Gasteiger partial charge in [-0.1, -0.05) is 6.07 Å². The Morgan fingerprint density at radius 1 is 1.21 bits per heavy atom. The van der Waals surface area contributed by atoms with Crippen molar-refractivity contribution in [2.45, 2.75) is 32.1 Å². The second-order valence-corrected chi connectivity index (χ2v) is 7.01. The van der Waals surface area contributed by atoms with Crippen LogP contribution in [0.1, 0.15) is 37.7 Å². The van der Waals surface area contributed by atoms with E-state index in [0.717, 1.165) is 24.1 Å². The fraction of sp³-hybridized carbons (Fsp3) is 0.227. The second kappa shape index (κ2) is 7.38. The molecule has 1 aliphatic heterocycles. The number of halogens is 1. The average molecular weight is 377 g/mol. The lowest BCUT2D eigenvalue weighted by Gasteiger charge is -2.34. The number of anilines is 1. The van der Waals surface area contributed by atoms with Crippen LogP contribution >= 0.6 is 0 Å². The van der Waals surface area contributed by atoms with E-state index in [9.17, 15) is 14.0 Å². The van der Waals surface area contributed by atoms with Crippen LogP contribution in [0, 0.1) is 5.82 Å². The molecule has 6 heteroatoms. The molecule has 4 rings (SSSR count). The minimum Gasteiger partial charge on any atom is -0.362 e. The molecule has 1 aromatic carbocycles. The number of amides is 1. The van der Waals surface area contributed by atoms with Crippen molar-refractivity contribution >= 4 is 17.4 Å². The molecule has 0 spiro atoms. The minimum absolute atomic E-state index is 0.0576. The molecule has 1 aliphatic carbocycles. The Morgan fingerprint density at radius 3 is 2.71 bits per heavy atom. The number of carbonyl (C=O) groups is 2. The Labute approximate surface area is 162 Å². The molecule has 0 bridgehead atoms. The highest BCUT2D eigenvalue weighted by molar-refractivity contribution is 6.09. The van der Waals surface area contributed by atoms with Gasteiger partial charge in [0.15, 0.2) is 5.78 Å². The summed E-state index contributed by atoms with van der Waals surface area (Å²) in [5, 5.41) is 6.09. The van der Waals surface area contributed by atoms with E-state index in [1.807, 2.05) is 13.0 Å². The molecular formula is C22H20FN3O2. The summed E-state index contributed by atoms with van der Waals surface area (Å²) in [6, 6.07) is 9.28. The lowest BCUT2D eigenvalue weighted by molar-refractivity contribution is -0.116. The van der Waals surface area contributed by atoms with Gasteiger partial charge in [-0.2, -0.15) is 0 Å². The first-order valence-electron chi connectivity index (χ1n) is 9.25. The lowest BCUT2D eigenvalue weighted by Crippen LogP contribution is -2.35. The first-order chi connectivity index (χ1) is 13.5. The highest BCUT2D eigenvalue weighted by atomic mass is 19.1. The van der Waals surface area contributed by atoms with Crippen LogP contribution in [0.25, 0.3) is 0 Å². The summed E-state index contributed by atoms with van der Waals surface area (Å²) in [7, 11) is 0. The second-order valence-electron chi connectivity index (χ2n) is 7.01. The third-order valence-electron chi connectivity index (χ3n) is 5.14. The summed E-state index contributed by atoms with van der Waals surface area (Å²) in [6.07, 6.45) is 5.42. The van der Waals surface area contributed by atoms with Crippen molar-refractivity contribution in [3.8, 4) is 0 Å². The van der Waals surface area contributed by atoms with Gasteiger partial charge in [0, 0.05) is 53.0 Å². The van der Waals surface area contributed by atoms with Gasteiger partial charge >= 0.3 is 0 Å². The van der Waals surface area contributed by atoms with Crippen molar-refractivity contribution in [1.29, 1.82) is 0 Å². The number of allylic oxidation sites excluding steroid dienone is 3. The molecule has 2 heterocycles. The molecule has 28 heavy (non-hydrogen) atoms. The number of pyridine rings is 1. The predicted molar refractivity (Wildman–Crippen MR) is 104 cm³/mol. The summed E-state index contributed by atoms with van der Waals surface area (Å²) >= 11 is 0. The first kappa shape index (κ1) is 18.1. The van der Waals surface area contributed by atoms with E-state index in [4.69, 9.17) is 0 Å². The van der Waals surface area contributed by atoms with Gasteiger partial charge in [0.1, 0.15) is 5.82 Å². The maximum absolute atomic E-state index is 13.2. The van der Waals surface area contributed by atoms with Gasteiger partial charge in [-0.3, -0.25) is 14.6 Å². The highest BCUT2D eigenvalue weighted by Crippen LogP contribution is 2.42. The first-order valence-corrected chi connectivity index (χ1v) is 9.25. The van der Waals surface area contributed by atoms with E-state index >= 15 is 0 Å². The van der Waals surface area contributed by atoms with Crippen LogP contribution < -0.4 is 10.6 Å². The van der Waals surface area contributed by atoms with Crippen LogP contribution in [0.15, 0.2) is 71.3 Å². The van der Waals surface area contributed by atoms with Gasteiger partial charge in [0.05, 0.1) is 0 Å². The van der Waals surface area contributed by atoms with Crippen molar-refractivity contribution in [2.75, 3.05) is 5.32 Å². The summed E-state index contributed by atoms with van der Waals surface area (Å²) in [4.78, 5) is 30.1. The zero-order valence-corrected chi connectivity index (χ0v) is 15.5. The Kier molecular flexibility index (Phi) is 4.77. The fourth-order valence-electron chi connectivity index (χ4n) is 3.90. The van der Waals surface area contributed by atoms with E-state index in [1.165, 1.54) is 24.3 Å². The molecule has 0 radical (unpaired) electrons. The number of benzene rings is 1. The molecule has 5 nitrogen and oxygen atoms in total. The topological polar surface area (TPSA) is 71.1 Å². The quantitative estimate of drug-likeness (QED) is 0.853. The van der Waals surface area contributed by atoms with Gasteiger partial charge in [-0.05, 0) is 55.7 Å². The maximum atomic E-state index is 13.2. The Bertz CT molecular complexity index is 994. The van der Waals surface area contributed by atoms with E-state index in [2.05, 4.69) is 15.6 Å². The number of carbonyl (C=O) groups excluding carboxylic acids is 2. The summed E-state index contributed by atoms with van der Waals surface area (Å²) < 4.78 is 13.2. The van der Waals surface area contributed by atoms with Crippen LogP contribution in [0.5, 0.6) is 0 Å². The number of nitrogens with zero attached hydrogens (tertiary/aromatic N) is 1. The largest absolute Gasteiger partial charge is 0.362 e. The number of hydrogen-bond acceptors (Lipinski definition) is 4. The van der Waals surface area contributed by atoms with Gasteiger partial charge < -0.3 is 10.6 Å². The third-order valence-corrected chi connectivity index (χ3v) is 5.14. The Morgan fingerprint density at radius 2 is 2.00 bits per heavy atom. The molecule has 2 aromatic rings. The molecule has 1 amide bonds. The molecule has 0 saturated heterocycles. The average Bonchev–Trinajstić information content (AvgIpc) is 2.69. The minimum atomic E-state index is -0.474. The molecule has 2 aliphatic rings. The number of hydrogen-bond donors (Lipinski definition) is 2. The Balaban J connectivity index is 1.76. The monoisotopic (exact) mass is 377 g/mol. The van der Waals surface area contributed by atoms with Crippen molar-refractivity contribution in [3.63, 3.8) is 0 Å². The van der Waals surface area contributed by atoms with Gasteiger partial charge in [0.2, 0.25) is 0 Å². The van der Waals surface area contributed by atoms with E-state index in [-0.39, 0.29) is 17.5 Å². The SMILES string of the molecule is CC1=C(C(=O)Nc2ccc(F)cc2)C(c2cccnc2)C2=C(CCCC2=O)N1. The van der Waals surface area contributed by atoms with E-state index in [0.29, 0.717) is 29.0 Å². The fourth-order valence-corrected chi connectivity index (χ4v) is 3.90. The molecule has 0 fully saturated rings. The number of dihydropyridines is 1. The highest BCUT2D eigenvalue weighted by Gasteiger charge is 2.38. The van der Waals surface area contributed by atoms with Gasteiger partial charge in [-0.25, -0.2) is 4.39 Å². The van der Waals surface area contributed by atoms with Crippen molar-refractivity contribution in [2.24, 2.45) is 0 Å². The lowest BCUT2D eigenvalue weighted by atomic mass is 9.75. The third kappa shape index (κ3) is 3.33. The van der Waals surface area contributed by atoms with Crippen LogP contribution in [0.3, 0.4) is 0 Å². The van der Waals surface area contributed by atoms with E-state index < -0.39 is 5.92 Å². The number of ketones is 1. The van der Waals surface area contributed by atoms with Crippen LogP contribution in [-0.4, -0.2) is 16.7 Å². The smallest absolute Gasteiger partial charge is 0.254 e. The molecule has 0 saturated carbocycles. The number of aromatic nitrogens is 1. The number of Topliss-reactive ketones (excluding diaryl/α,β-unsaturated/α-hetero) is 1. The van der Waals surface area contributed by atoms with Crippen LogP contribution in [0.2, 0.25) is 0 Å². The molecule has 1 atom stereocenters. The molecule has 1 aromatic heterocycles. The summed E-state index contributed by atoms with van der Waals surface area (Å²) in [5.74, 6) is -1.11. The van der Waals surface area contributed by atoms with Crippen LogP contribution in [-0.2, 0) is 9.59 Å². The van der Waals surface area contributed by atoms with Crippen molar-refractivity contribution in [3.05, 3.63) is 82.7 Å². The summed E-state index contributed by atoms with van der Waals surface area (Å²) in [5.41, 5.74) is 4.02. The zero-order valence-electron chi connectivity index (χ0n) is 15.5. The number of nitrogens with one attached hydrogen (secondary N) is 2. The molecular weight excluding hydrogens is 357 g/mol. The van der Waals surface area contributed by atoms with Crippen molar-refractivity contribution < 1.29 is 14.0 Å². The van der Waals surface area contributed by atoms with E-state index in [1.54, 1.807) is 18.5 Å². The van der Waals surface area contributed by atoms with Gasteiger partial charge in [-0.15, -0.1) is 0 Å². The summed E-state index contributed by atoms with van der Waals surface area (Å²) in [6.45, 7) is 1.84. The number of rotatable bonds is 3. The van der Waals surface area contributed by atoms with Crippen LogP contribution in [0.4, 0.5) is 10.1 Å². The molecule has 142 valence electrons. The van der Waals surface area contributed by atoms with Crippen molar-refractivity contribution in [1.82, 2.24) is 10.3 Å².